The molecule has 0 aliphatic heterocycles. The van der Waals surface area contributed by atoms with Crippen molar-refractivity contribution in [1.82, 2.24) is 10.6 Å². The molecule has 0 aromatic heterocycles. The van der Waals surface area contributed by atoms with Gasteiger partial charge < -0.3 is 15.4 Å². The van der Waals surface area contributed by atoms with Gasteiger partial charge in [0.25, 0.3) is 0 Å². The molecule has 1 unspecified atom stereocenters. The molecule has 18 heavy (non-hydrogen) atoms. The lowest BCUT2D eigenvalue weighted by atomic mass is 9.96. The molecule has 0 radical (unpaired) electrons. The maximum Gasteiger partial charge on any atom is 0.328 e. The predicted octanol–water partition coefficient (Wildman–Crippen LogP) is 1.82. The van der Waals surface area contributed by atoms with E-state index in [1.165, 1.54) is 13.5 Å². The average Bonchev–Trinajstić information content (AvgIpc) is 2.36. The summed E-state index contributed by atoms with van der Waals surface area (Å²) < 4.78 is 4.68. The fraction of sp³-hybridized carbons (Fsp3) is 0.846. The Morgan fingerprint density at radius 1 is 1.17 bits per heavy atom. The summed E-state index contributed by atoms with van der Waals surface area (Å²) in [5.41, 5.74) is 0. The molecule has 0 heterocycles. The Labute approximate surface area is 109 Å². The van der Waals surface area contributed by atoms with Crippen LogP contribution in [0.15, 0.2) is 0 Å². The molecule has 1 saturated carbocycles. The van der Waals surface area contributed by atoms with Crippen molar-refractivity contribution >= 4 is 12.0 Å². The largest absolute Gasteiger partial charge is 0.467 e. The van der Waals surface area contributed by atoms with Crippen molar-refractivity contribution in [2.75, 3.05) is 7.11 Å². The fourth-order valence-electron chi connectivity index (χ4n) is 2.24. The minimum atomic E-state index is -0.585. The van der Waals surface area contributed by atoms with Crippen LogP contribution in [0.5, 0.6) is 0 Å². The Morgan fingerprint density at radius 3 is 2.28 bits per heavy atom. The van der Waals surface area contributed by atoms with Gasteiger partial charge in [-0.3, -0.25) is 0 Å². The molecule has 2 amide bonds. The Balaban J connectivity index is 2.42. The predicted molar refractivity (Wildman–Crippen MR) is 69.2 cm³/mol. The maximum atomic E-state index is 11.8. The molecule has 5 heteroatoms. The van der Waals surface area contributed by atoms with Gasteiger partial charge in [0.05, 0.1) is 7.11 Å². The van der Waals surface area contributed by atoms with E-state index in [0.29, 0.717) is 0 Å². The molecular formula is C13H24N2O3. The van der Waals surface area contributed by atoms with E-state index in [0.717, 1.165) is 25.7 Å². The van der Waals surface area contributed by atoms with E-state index < -0.39 is 12.0 Å². The van der Waals surface area contributed by atoms with Crippen LogP contribution in [0.4, 0.5) is 4.79 Å². The molecule has 1 aliphatic rings. The number of amides is 2. The van der Waals surface area contributed by atoms with Crippen LogP contribution in [0.25, 0.3) is 0 Å². The van der Waals surface area contributed by atoms with Crippen LogP contribution >= 0.6 is 0 Å². The third-order valence-corrected chi connectivity index (χ3v) is 3.35. The molecule has 1 atom stereocenters. The quantitative estimate of drug-likeness (QED) is 0.754. The lowest BCUT2D eigenvalue weighted by Crippen LogP contribution is -2.51. The second-order valence-electron chi connectivity index (χ2n) is 5.20. The number of rotatable bonds is 4. The van der Waals surface area contributed by atoms with Crippen molar-refractivity contribution in [3.8, 4) is 0 Å². The summed E-state index contributed by atoms with van der Waals surface area (Å²) in [4.78, 5) is 23.3. The standard InChI is InChI=1S/C13H24N2O3/c1-9(2)11(12(16)18-3)15-13(17)14-10-7-5-4-6-8-10/h9-11H,4-8H2,1-3H3,(H2,14,15,17). The van der Waals surface area contributed by atoms with E-state index in [-0.39, 0.29) is 18.0 Å². The van der Waals surface area contributed by atoms with E-state index >= 15 is 0 Å². The SMILES string of the molecule is COC(=O)C(NC(=O)NC1CCCCC1)C(C)C. The van der Waals surface area contributed by atoms with Crippen LogP contribution in [0, 0.1) is 5.92 Å². The van der Waals surface area contributed by atoms with Gasteiger partial charge in [-0.25, -0.2) is 9.59 Å². The van der Waals surface area contributed by atoms with Gasteiger partial charge in [-0.05, 0) is 18.8 Å². The van der Waals surface area contributed by atoms with Gasteiger partial charge in [0.1, 0.15) is 6.04 Å². The molecule has 5 nitrogen and oxygen atoms in total. The summed E-state index contributed by atoms with van der Waals surface area (Å²) in [5.74, 6) is -0.390. The van der Waals surface area contributed by atoms with Crippen LogP contribution in [-0.2, 0) is 9.53 Å². The van der Waals surface area contributed by atoms with Gasteiger partial charge in [0.15, 0.2) is 0 Å². The van der Waals surface area contributed by atoms with Crippen LogP contribution < -0.4 is 10.6 Å². The Kier molecular flexibility index (Phi) is 5.95. The number of ether oxygens (including phenoxy) is 1. The summed E-state index contributed by atoms with van der Waals surface area (Å²) in [5, 5.41) is 5.62. The first-order valence-electron chi connectivity index (χ1n) is 6.69. The highest BCUT2D eigenvalue weighted by Gasteiger charge is 2.25. The number of urea groups is 1. The van der Waals surface area contributed by atoms with E-state index in [2.05, 4.69) is 15.4 Å². The number of hydrogen-bond acceptors (Lipinski definition) is 3. The number of methoxy groups -OCH3 is 1. The minimum Gasteiger partial charge on any atom is -0.467 e. The van der Waals surface area contributed by atoms with Crippen molar-refractivity contribution in [2.24, 2.45) is 5.92 Å². The number of hydrogen-bond donors (Lipinski definition) is 2. The van der Waals surface area contributed by atoms with Gasteiger partial charge in [-0.1, -0.05) is 33.1 Å². The van der Waals surface area contributed by atoms with Crippen molar-refractivity contribution in [3.05, 3.63) is 0 Å². The van der Waals surface area contributed by atoms with Crippen LogP contribution in [-0.4, -0.2) is 31.2 Å². The Morgan fingerprint density at radius 2 is 1.78 bits per heavy atom. The first kappa shape index (κ1) is 14.8. The second-order valence-corrected chi connectivity index (χ2v) is 5.20. The summed E-state index contributed by atoms with van der Waals surface area (Å²) in [6.07, 6.45) is 5.62. The number of nitrogens with one attached hydrogen (secondary N) is 2. The zero-order chi connectivity index (χ0) is 13.5. The number of carbonyl (C=O) groups excluding carboxylic acids is 2. The van der Waals surface area contributed by atoms with Crippen molar-refractivity contribution in [1.29, 1.82) is 0 Å². The lowest BCUT2D eigenvalue weighted by Gasteiger charge is -2.25. The molecule has 0 aromatic carbocycles. The highest BCUT2D eigenvalue weighted by molar-refractivity contribution is 5.83. The Hall–Kier alpha value is -1.26. The maximum absolute atomic E-state index is 11.8. The van der Waals surface area contributed by atoms with E-state index in [9.17, 15) is 9.59 Å². The molecule has 1 fully saturated rings. The summed E-state index contributed by atoms with van der Waals surface area (Å²) in [7, 11) is 1.33. The van der Waals surface area contributed by atoms with E-state index in [1.807, 2.05) is 13.8 Å². The van der Waals surface area contributed by atoms with E-state index in [1.54, 1.807) is 0 Å². The summed E-state index contributed by atoms with van der Waals surface area (Å²) in [6.45, 7) is 3.75. The van der Waals surface area contributed by atoms with Crippen molar-refractivity contribution < 1.29 is 14.3 Å². The molecular weight excluding hydrogens is 232 g/mol. The van der Waals surface area contributed by atoms with Crippen LogP contribution in [0.3, 0.4) is 0 Å². The first-order chi connectivity index (χ1) is 8.54. The van der Waals surface area contributed by atoms with E-state index in [4.69, 9.17) is 0 Å². The van der Waals surface area contributed by atoms with Crippen LogP contribution in [0.1, 0.15) is 46.0 Å². The smallest absolute Gasteiger partial charge is 0.328 e. The zero-order valence-electron chi connectivity index (χ0n) is 11.5. The normalized spacial score (nSPS) is 18.2. The van der Waals surface area contributed by atoms with Gasteiger partial charge in [0, 0.05) is 6.04 Å². The number of esters is 1. The molecule has 104 valence electrons. The highest BCUT2D eigenvalue weighted by atomic mass is 16.5. The van der Waals surface area contributed by atoms with Crippen LogP contribution in [0.2, 0.25) is 0 Å². The molecule has 0 spiro atoms. The highest BCUT2D eigenvalue weighted by Crippen LogP contribution is 2.17. The van der Waals surface area contributed by atoms with Gasteiger partial charge in [-0.15, -0.1) is 0 Å². The van der Waals surface area contributed by atoms with Crippen molar-refractivity contribution in [3.63, 3.8) is 0 Å². The summed E-state index contributed by atoms with van der Waals surface area (Å²) in [6, 6.07) is -0.617. The van der Waals surface area contributed by atoms with Gasteiger partial charge in [0.2, 0.25) is 0 Å². The third kappa shape index (κ3) is 4.55. The molecule has 0 aromatic rings. The van der Waals surface area contributed by atoms with Gasteiger partial charge >= 0.3 is 12.0 Å². The molecule has 1 rings (SSSR count). The first-order valence-corrected chi connectivity index (χ1v) is 6.69. The molecule has 1 aliphatic carbocycles. The topological polar surface area (TPSA) is 67.4 Å². The molecule has 2 N–H and O–H groups in total. The van der Waals surface area contributed by atoms with Gasteiger partial charge in [-0.2, -0.15) is 0 Å². The fourth-order valence-corrected chi connectivity index (χ4v) is 2.24. The summed E-state index contributed by atoms with van der Waals surface area (Å²) >= 11 is 0. The monoisotopic (exact) mass is 256 g/mol. The zero-order valence-corrected chi connectivity index (χ0v) is 11.5. The average molecular weight is 256 g/mol. The molecule has 0 bridgehead atoms. The third-order valence-electron chi connectivity index (χ3n) is 3.35. The second kappa shape index (κ2) is 7.24. The lowest BCUT2D eigenvalue weighted by molar-refractivity contribution is -0.143. The minimum absolute atomic E-state index is 0.00885. The van der Waals surface area contributed by atoms with Crippen molar-refractivity contribution in [2.45, 2.75) is 58.0 Å². The molecule has 0 saturated heterocycles. The Bertz CT molecular complexity index is 286. The number of carbonyl (C=O) groups is 2.